The molecule has 8 nitrogen and oxygen atoms in total. The average Bonchev–Trinajstić information content (AvgIpc) is 2.55. The van der Waals surface area contributed by atoms with Gasteiger partial charge in [-0.25, -0.2) is 4.79 Å². The molecule has 0 saturated heterocycles. The van der Waals surface area contributed by atoms with E-state index in [9.17, 15) is 19.7 Å². The third-order valence-corrected chi connectivity index (χ3v) is 3.04. The Morgan fingerprint density at radius 2 is 1.81 bits per heavy atom. The van der Waals surface area contributed by atoms with E-state index in [1.165, 1.54) is 12.1 Å². The van der Waals surface area contributed by atoms with Gasteiger partial charge in [0.2, 0.25) is 5.75 Å². The molecule has 0 unspecified atom stereocenters. The quantitative estimate of drug-likeness (QED) is 0.477. The van der Waals surface area contributed by atoms with Crippen LogP contribution in [-0.2, 0) is 4.74 Å². The molecule has 0 atom stereocenters. The van der Waals surface area contributed by atoms with Gasteiger partial charge < -0.3 is 9.47 Å². The predicted molar refractivity (Wildman–Crippen MR) is 94.9 cm³/mol. The molecule has 136 valence electrons. The highest BCUT2D eigenvalue weighted by atomic mass is 16.6. The molecule has 1 amide bonds. The zero-order valence-electron chi connectivity index (χ0n) is 14.5. The van der Waals surface area contributed by atoms with Gasteiger partial charge in [-0.05, 0) is 57.2 Å². The van der Waals surface area contributed by atoms with E-state index in [4.69, 9.17) is 9.47 Å². The van der Waals surface area contributed by atoms with Gasteiger partial charge in [0.05, 0.1) is 4.92 Å². The minimum Gasteiger partial charge on any atom is -0.450 e. The normalized spacial score (nSPS) is 10.7. The number of nitro benzene ring substituents is 1. The Balaban J connectivity index is 2.11. The Hall–Kier alpha value is -3.42. The Morgan fingerprint density at radius 1 is 1.15 bits per heavy atom. The lowest BCUT2D eigenvalue weighted by molar-refractivity contribution is -0.385. The van der Waals surface area contributed by atoms with Crippen LogP contribution in [0.2, 0.25) is 0 Å². The van der Waals surface area contributed by atoms with Crippen molar-refractivity contribution < 1.29 is 24.0 Å². The first-order valence-corrected chi connectivity index (χ1v) is 7.69. The van der Waals surface area contributed by atoms with Crippen molar-refractivity contribution in [3.05, 3.63) is 58.1 Å². The molecule has 0 aromatic heterocycles. The van der Waals surface area contributed by atoms with Crippen LogP contribution in [0.3, 0.4) is 0 Å². The molecule has 2 rings (SSSR count). The number of carbonyl (C=O) groups excluding carboxylic acids is 2. The van der Waals surface area contributed by atoms with Crippen molar-refractivity contribution in [2.45, 2.75) is 26.4 Å². The minimum atomic E-state index is -0.624. The number of anilines is 1. The fraction of sp³-hybridized carbons (Fsp3) is 0.222. The number of nitrogens with one attached hydrogen (secondary N) is 1. The highest BCUT2D eigenvalue weighted by Gasteiger charge is 2.18. The van der Waals surface area contributed by atoms with E-state index in [-0.39, 0.29) is 17.0 Å². The maximum atomic E-state index is 11.7. The molecule has 0 saturated carbocycles. The maximum Gasteiger partial charge on any atom is 0.412 e. The monoisotopic (exact) mass is 358 g/mol. The zero-order chi connectivity index (χ0) is 19.3. The summed E-state index contributed by atoms with van der Waals surface area (Å²) in [6, 6.07) is 10.2. The summed E-state index contributed by atoms with van der Waals surface area (Å²) in [5.74, 6) is 0.343. The fourth-order valence-corrected chi connectivity index (χ4v) is 1.99. The van der Waals surface area contributed by atoms with E-state index in [1.54, 1.807) is 45.0 Å². The molecule has 0 aliphatic carbocycles. The van der Waals surface area contributed by atoms with Crippen molar-refractivity contribution in [3.63, 3.8) is 0 Å². The first-order valence-electron chi connectivity index (χ1n) is 7.69. The molecule has 2 aromatic carbocycles. The van der Waals surface area contributed by atoms with Crippen LogP contribution in [0.25, 0.3) is 0 Å². The van der Waals surface area contributed by atoms with Crippen LogP contribution in [0.5, 0.6) is 11.5 Å². The lowest BCUT2D eigenvalue weighted by atomic mass is 10.2. The Labute approximate surface area is 149 Å². The van der Waals surface area contributed by atoms with Gasteiger partial charge >= 0.3 is 11.8 Å². The fourth-order valence-electron chi connectivity index (χ4n) is 1.99. The van der Waals surface area contributed by atoms with Crippen LogP contribution in [0, 0.1) is 10.1 Å². The second-order valence-corrected chi connectivity index (χ2v) is 6.36. The number of carbonyl (C=O) groups is 2. The van der Waals surface area contributed by atoms with Gasteiger partial charge in [0.25, 0.3) is 0 Å². The van der Waals surface area contributed by atoms with Crippen molar-refractivity contribution >= 4 is 23.8 Å². The highest BCUT2D eigenvalue weighted by Crippen LogP contribution is 2.32. The van der Waals surface area contributed by atoms with Gasteiger partial charge in [0, 0.05) is 17.3 Å². The van der Waals surface area contributed by atoms with Crippen LogP contribution < -0.4 is 10.1 Å². The van der Waals surface area contributed by atoms with Gasteiger partial charge in [-0.15, -0.1) is 0 Å². The second kappa shape index (κ2) is 7.64. The molecule has 0 aliphatic rings. The smallest absolute Gasteiger partial charge is 0.412 e. The number of amides is 1. The van der Waals surface area contributed by atoms with Gasteiger partial charge in [0.1, 0.15) is 17.6 Å². The predicted octanol–water partition coefficient (Wildman–Crippen LogP) is 4.55. The largest absolute Gasteiger partial charge is 0.450 e. The summed E-state index contributed by atoms with van der Waals surface area (Å²) in [6.45, 7) is 5.27. The third kappa shape index (κ3) is 5.30. The van der Waals surface area contributed by atoms with E-state index >= 15 is 0 Å². The van der Waals surface area contributed by atoms with Crippen molar-refractivity contribution in [1.82, 2.24) is 0 Å². The summed E-state index contributed by atoms with van der Waals surface area (Å²) >= 11 is 0. The van der Waals surface area contributed by atoms with Crippen molar-refractivity contribution in [2.24, 2.45) is 0 Å². The number of hydrogen-bond acceptors (Lipinski definition) is 6. The number of ether oxygens (including phenoxy) is 2. The number of nitrogens with zero attached hydrogens (tertiary/aromatic N) is 1. The molecular formula is C18H18N2O6. The molecule has 2 aromatic rings. The minimum absolute atomic E-state index is 0.00783. The molecule has 0 aliphatic heterocycles. The molecule has 0 bridgehead atoms. The lowest BCUT2D eigenvalue weighted by Crippen LogP contribution is -2.27. The van der Waals surface area contributed by atoms with Crippen LogP contribution in [0.1, 0.15) is 31.1 Å². The summed E-state index contributed by atoms with van der Waals surface area (Å²) in [6.07, 6.45) is -0.0697. The molecule has 1 N–H and O–H groups in total. The topological polar surface area (TPSA) is 108 Å². The number of hydrogen-bond donors (Lipinski definition) is 1. The number of rotatable bonds is 5. The summed E-state index contributed by atoms with van der Waals surface area (Å²) < 4.78 is 10.7. The first-order chi connectivity index (χ1) is 12.2. The Morgan fingerprint density at radius 3 is 2.35 bits per heavy atom. The molecule has 8 heteroatoms. The number of benzene rings is 2. The maximum absolute atomic E-state index is 11.7. The summed E-state index contributed by atoms with van der Waals surface area (Å²) in [5.41, 5.74) is -0.261. The Bertz CT molecular complexity index is 825. The first kappa shape index (κ1) is 18.9. The summed E-state index contributed by atoms with van der Waals surface area (Å²) in [7, 11) is 0. The van der Waals surface area contributed by atoms with Gasteiger partial charge in [-0.1, -0.05) is 0 Å². The van der Waals surface area contributed by atoms with E-state index in [1.807, 2.05) is 0 Å². The lowest BCUT2D eigenvalue weighted by Gasteiger charge is -2.19. The van der Waals surface area contributed by atoms with Crippen LogP contribution in [-0.4, -0.2) is 22.9 Å². The molecule has 0 radical (unpaired) electrons. The summed E-state index contributed by atoms with van der Waals surface area (Å²) in [5, 5.41) is 13.7. The van der Waals surface area contributed by atoms with Crippen molar-refractivity contribution in [2.75, 3.05) is 5.32 Å². The SMILES string of the molecule is CC(C)(C)OC(=O)Nc1ccc(Oc2ccc(C=O)cc2[N+](=O)[O-])cc1. The zero-order valence-corrected chi connectivity index (χ0v) is 14.5. The number of nitro groups is 1. The molecular weight excluding hydrogens is 340 g/mol. The van der Waals surface area contributed by atoms with E-state index in [0.717, 1.165) is 6.07 Å². The van der Waals surface area contributed by atoms with Crippen LogP contribution >= 0.6 is 0 Å². The molecule has 0 spiro atoms. The van der Waals surface area contributed by atoms with Crippen LogP contribution in [0.4, 0.5) is 16.2 Å². The molecule has 0 fully saturated rings. The molecule has 0 heterocycles. The van der Waals surface area contributed by atoms with Gasteiger partial charge in [0.15, 0.2) is 0 Å². The second-order valence-electron chi connectivity index (χ2n) is 6.36. The van der Waals surface area contributed by atoms with E-state index in [2.05, 4.69) is 5.32 Å². The standard InChI is InChI=1S/C18H18N2O6/c1-18(2,3)26-17(22)19-13-5-7-14(8-6-13)25-16-9-4-12(11-21)10-15(16)20(23)24/h4-11H,1-3H3,(H,19,22). The van der Waals surface area contributed by atoms with Gasteiger partial charge in [-0.2, -0.15) is 0 Å². The third-order valence-electron chi connectivity index (χ3n) is 3.04. The van der Waals surface area contributed by atoms with Crippen LogP contribution in [0.15, 0.2) is 42.5 Å². The molecule has 26 heavy (non-hydrogen) atoms. The number of aldehydes is 1. The van der Waals surface area contributed by atoms with E-state index < -0.39 is 16.6 Å². The van der Waals surface area contributed by atoms with Gasteiger partial charge in [-0.3, -0.25) is 20.2 Å². The summed E-state index contributed by atoms with van der Waals surface area (Å²) in [4.78, 5) is 33.0. The van der Waals surface area contributed by atoms with E-state index in [0.29, 0.717) is 17.7 Å². The highest BCUT2D eigenvalue weighted by molar-refractivity contribution is 5.85. The Kier molecular flexibility index (Phi) is 5.56. The van der Waals surface area contributed by atoms with Crippen molar-refractivity contribution in [3.8, 4) is 11.5 Å². The van der Waals surface area contributed by atoms with Crippen molar-refractivity contribution in [1.29, 1.82) is 0 Å². The average molecular weight is 358 g/mol.